The van der Waals surface area contributed by atoms with Crippen LogP contribution in [0.25, 0.3) is 0 Å². The van der Waals surface area contributed by atoms with Crippen LogP contribution in [0.2, 0.25) is 0 Å². The average molecular weight is 337 g/mol. The fourth-order valence-electron chi connectivity index (χ4n) is 3.17. The summed E-state index contributed by atoms with van der Waals surface area (Å²) < 4.78 is 0. The second-order valence-corrected chi connectivity index (χ2v) is 6.38. The van der Waals surface area contributed by atoms with Crippen LogP contribution < -0.4 is 10.6 Å². The number of para-hydroxylation sites is 1. The quantitative estimate of drug-likeness (QED) is 0.876. The second-order valence-electron chi connectivity index (χ2n) is 6.38. The van der Waals surface area contributed by atoms with E-state index in [0.717, 1.165) is 43.4 Å². The number of carbonyl (C=O) groups is 2. The molecule has 0 atom stereocenters. The summed E-state index contributed by atoms with van der Waals surface area (Å²) in [6.45, 7) is 2.04. The highest BCUT2D eigenvalue weighted by Gasteiger charge is 2.19. The van der Waals surface area contributed by atoms with Gasteiger partial charge in [-0.3, -0.25) is 14.6 Å². The molecule has 3 rings (SSSR count). The van der Waals surface area contributed by atoms with E-state index < -0.39 is 0 Å². The van der Waals surface area contributed by atoms with E-state index in [1.54, 1.807) is 6.07 Å². The van der Waals surface area contributed by atoms with E-state index in [0.29, 0.717) is 11.1 Å². The Hall–Kier alpha value is -2.69. The summed E-state index contributed by atoms with van der Waals surface area (Å²) in [5, 5.41) is 5.92. The van der Waals surface area contributed by atoms with Gasteiger partial charge in [0.25, 0.3) is 11.8 Å². The van der Waals surface area contributed by atoms with Crippen molar-refractivity contribution in [2.75, 3.05) is 5.32 Å². The lowest BCUT2D eigenvalue weighted by molar-refractivity contribution is 0.0937. The molecular weight excluding hydrogens is 314 g/mol. The smallest absolute Gasteiger partial charge is 0.257 e. The molecule has 2 amide bonds. The van der Waals surface area contributed by atoms with Crippen LogP contribution in [0.15, 0.2) is 42.7 Å². The van der Waals surface area contributed by atoms with E-state index in [1.165, 1.54) is 12.4 Å². The third kappa shape index (κ3) is 4.24. The molecule has 0 saturated heterocycles. The van der Waals surface area contributed by atoms with E-state index >= 15 is 0 Å². The zero-order chi connectivity index (χ0) is 17.6. The van der Waals surface area contributed by atoms with Gasteiger partial charge in [0.2, 0.25) is 0 Å². The molecule has 0 aliphatic heterocycles. The summed E-state index contributed by atoms with van der Waals surface area (Å²) in [4.78, 5) is 28.9. The number of carbonyl (C=O) groups excluding carboxylic acids is 2. The zero-order valence-electron chi connectivity index (χ0n) is 14.4. The van der Waals surface area contributed by atoms with Crippen LogP contribution in [0, 0.1) is 0 Å². The summed E-state index contributed by atoms with van der Waals surface area (Å²) in [6, 6.07) is 9.53. The number of hydrogen-bond donors (Lipinski definition) is 2. The summed E-state index contributed by atoms with van der Waals surface area (Å²) >= 11 is 0. The Morgan fingerprint density at radius 3 is 2.48 bits per heavy atom. The van der Waals surface area contributed by atoms with Crippen LogP contribution in [-0.2, 0) is 6.42 Å². The number of amides is 2. The molecule has 1 aliphatic rings. The molecule has 1 saturated carbocycles. The van der Waals surface area contributed by atoms with Crippen LogP contribution in [0.5, 0.6) is 0 Å². The van der Waals surface area contributed by atoms with Crippen LogP contribution in [0.4, 0.5) is 5.69 Å². The molecule has 1 heterocycles. The minimum Gasteiger partial charge on any atom is -0.349 e. The molecule has 5 heteroatoms. The SMILES string of the molecule is CCc1ccccc1NC(=O)c1cncc(C(=O)NC2CCCC2)c1. The topological polar surface area (TPSA) is 71.1 Å². The largest absolute Gasteiger partial charge is 0.349 e. The van der Waals surface area contributed by atoms with Crippen molar-refractivity contribution >= 4 is 17.5 Å². The van der Waals surface area contributed by atoms with Gasteiger partial charge in [-0.05, 0) is 37.0 Å². The molecule has 25 heavy (non-hydrogen) atoms. The van der Waals surface area contributed by atoms with E-state index in [2.05, 4.69) is 15.6 Å². The number of nitrogens with zero attached hydrogens (tertiary/aromatic N) is 1. The molecule has 1 aromatic heterocycles. The van der Waals surface area contributed by atoms with Gasteiger partial charge in [-0.15, -0.1) is 0 Å². The molecule has 5 nitrogen and oxygen atoms in total. The van der Waals surface area contributed by atoms with Crippen molar-refractivity contribution in [2.45, 2.75) is 45.1 Å². The van der Waals surface area contributed by atoms with Crippen molar-refractivity contribution < 1.29 is 9.59 Å². The Bertz CT molecular complexity index is 767. The minimum atomic E-state index is -0.260. The van der Waals surface area contributed by atoms with Gasteiger partial charge < -0.3 is 10.6 Å². The van der Waals surface area contributed by atoms with Gasteiger partial charge >= 0.3 is 0 Å². The average Bonchev–Trinajstić information content (AvgIpc) is 3.15. The fourth-order valence-corrected chi connectivity index (χ4v) is 3.17. The van der Waals surface area contributed by atoms with Gasteiger partial charge in [-0.25, -0.2) is 0 Å². The Balaban J connectivity index is 1.71. The van der Waals surface area contributed by atoms with Crippen molar-refractivity contribution in [1.29, 1.82) is 0 Å². The predicted molar refractivity (Wildman–Crippen MR) is 97.7 cm³/mol. The van der Waals surface area contributed by atoms with Gasteiger partial charge in [0, 0.05) is 24.1 Å². The molecule has 0 bridgehead atoms. The number of anilines is 1. The molecule has 2 N–H and O–H groups in total. The lowest BCUT2D eigenvalue weighted by Gasteiger charge is -2.12. The summed E-state index contributed by atoms with van der Waals surface area (Å²) in [7, 11) is 0. The molecule has 2 aromatic rings. The molecule has 1 aromatic carbocycles. The van der Waals surface area contributed by atoms with E-state index in [4.69, 9.17) is 0 Å². The third-order valence-electron chi connectivity index (χ3n) is 4.60. The first kappa shape index (κ1) is 17.1. The predicted octanol–water partition coefficient (Wildman–Crippen LogP) is 3.57. The first-order valence-corrected chi connectivity index (χ1v) is 8.82. The van der Waals surface area contributed by atoms with Crippen molar-refractivity contribution in [1.82, 2.24) is 10.3 Å². The highest BCUT2D eigenvalue weighted by atomic mass is 16.2. The van der Waals surface area contributed by atoms with Gasteiger partial charge in [-0.2, -0.15) is 0 Å². The lowest BCUT2D eigenvalue weighted by Crippen LogP contribution is -2.32. The molecule has 1 fully saturated rings. The Morgan fingerprint density at radius 1 is 1.08 bits per heavy atom. The van der Waals surface area contributed by atoms with Crippen LogP contribution in [0.3, 0.4) is 0 Å². The van der Waals surface area contributed by atoms with Crippen molar-refractivity contribution in [2.24, 2.45) is 0 Å². The van der Waals surface area contributed by atoms with E-state index in [1.807, 2.05) is 31.2 Å². The minimum absolute atomic E-state index is 0.164. The standard InChI is InChI=1S/C20H23N3O2/c1-2-14-7-3-6-10-18(14)23-20(25)16-11-15(12-21-13-16)19(24)22-17-8-4-5-9-17/h3,6-7,10-13,17H,2,4-5,8-9H2,1H3,(H,22,24)(H,23,25). The summed E-state index contributed by atoms with van der Waals surface area (Å²) in [5.41, 5.74) is 2.66. The monoisotopic (exact) mass is 337 g/mol. The molecule has 0 unspecified atom stereocenters. The number of hydrogen-bond acceptors (Lipinski definition) is 3. The van der Waals surface area contributed by atoms with E-state index in [9.17, 15) is 9.59 Å². The van der Waals surface area contributed by atoms with Gasteiger partial charge in [-0.1, -0.05) is 38.0 Å². The molecule has 130 valence electrons. The van der Waals surface area contributed by atoms with Gasteiger partial charge in [0.1, 0.15) is 0 Å². The maximum Gasteiger partial charge on any atom is 0.257 e. The molecule has 0 radical (unpaired) electrons. The second kappa shape index (κ2) is 7.92. The third-order valence-corrected chi connectivity index (χ3v) is 4.60. The van der Waals surface area contributed by atoms with Crippen molar-refractivity contribution in [3.05, 3.63) is 59.4 Å². The Kier molecular flexibility index (Phi) is 5.43. The number of aromatic nitrogens is 1. The van der Waals surface area contributed by atoms with E-state index in [-0.39, 0.29) is 17.9 Å². The van der Waals surface area contributed by atoms with Crippen LogP contribution in [-0.4, -0.2) is 22.8 Å². The maximum absolute atomic E-state index is 12.5. The van der Waals surface area contributed by atoms with Crippen LogP contribution in [0.1, 0.15) is 58.9 Å². The number of benzene rings is 1. The number of pyridine rings is 1. The summed E-state index contributed by atoms with van der Waals surface area (Å²) in [6.07, 6.45) is 8.17. The molecule has 0 spiro atoms. The molecule has 1 aliphatic carbocycles. The highest BCUT2D eigenvalue weighted by Crippen LogP contribution is 2.19. The maximum atomic E-state index is 12.5. The Labute approximate surface area is 147 Å². The Morgan fingerprint density at radius 2 is 1.76 bits per heavy atom. The highest BCUT2D eigenvalue weighted by molar-refractivity contribution is 6.06. The molecular formula is C20H23N3O2. The first-order valence-electron chi connectivity index (χ1n) is 8.82. The lowest BCUT2D eigenvalue weighted by atomic mass is 10.1. The summed E-state index contributed by atoms with van der Waals surface area (Å²) in [5.74, 6) is -0.424. The zero-order valence-corrected chi connectivity index (χ0v) is 14.4. The normalized spacial score (nSPS) is 14.3. The van der Waals surface area contributed by atoms with Crippen molar-refractivity contribution in [3.63, 3.8) is 0 Å². The van der Waals surface area contributed by atoms with Gasteiger partial charge in [0.15, 0.2) is 0 Å². The van der Waals surface area contributed by atoms with Crippen molar-refractivity contribution in [3.8, 4) is 0 Å². The fraction of sp³-hybridized carbons (Fsp3) is 0.350. The van der Waals surface area contributed by atoms with Crippen LogP contribution >= 0.6 is 0 Å². The van der Waals surface area contributed by atoms with Gasteiger partial charge in [0.05, 0.1) is 11.1 Å². The number of aryl methyl sites for hydroxylation is 1. The number of nitrogens with one attached hydrogen (secondary N) is 2. The first-order chi connectivity index (χ1) is 12.2. The number of rotatable bonds is 5.